The van der Waals surface area contributed by atoms with Crippen LogP contribution in [0.3, 0.4) is 0 Å². The monoisotopic (exact) mass is 515 g/mol. The Labute approximate surface area is 217 Å². The third-order valence-electron chi connectivity index (χ3n) is 6.84. The number of furan rings is 1. The van der Waals surface area contributed by atoms with Crippen molar-refractivity contribution in [2.45, 2.75) is 25.5 Å². The molecule has 0 radical (unpaired) electrons. The van der Waals surface area contributed by atoms with Gasteiger partial charge in [-0.15, -0.1) is 4.40 Å². The zero-order valence-electron chi connectivity index (χ0n) is 20.9. The smallest absolute Gasteiger partial charge is 0.345 e. The van der Waals surface area contributed by atoms with Crippen molar-refractivity contribution in [3.8, 4) is 11.1 Å². The van der Waals surface area contributed by atoms with Crippen LogP contribution in [0.4, 0.5) is 5.69 Å². The van der Waals surface area contributed by atoms with Gasteiger partial charge in [0.1, 0.15) is 17.0 Å². The largest absolute Gasteiger partial charge is 0.452 e. The van der Waals surface area contributed by atoms with Crippen molar-refractivity contribution in [1.82, 2.24) is 4.90 Å². The summed E-state index contributed by atoms with van der Waals surface area (Å²) in [5.74, 6) is 0.465. The highest BCUT2D eigenvalue weighted by Crippen LogP contribution is 2.42. The molecule has 3 aromatic carbocycles. The first kappa shape index (κ1) is 23.9. The first-order valence-electron chi connectivity index (χ1n) is 12.5. The van der Waals surface area contributed by atoms with E-state index in [1.54, 1.807) is 0 Å². The van der Waals surface area contributed by atoms with Crippen LogP contribution >= 0.6 is 0 Å². The average Bonchev–Trinajstić information content (AvgIpc) is 3.54. The van der Waals surface area contributed by atoms with Crippen molar-refractivity contribution in [3.05, 3.63) is 89.7 Å². The lowest BCUT2D eigenvalue weighted by Gasteiger charge is -2.28. The second-order valence-electron chi connectivity index (χ2n) is 9.88. The minimum Gasteiger partial charge on any atom is -0.452 e. The molecule has 1 atom stereocenters. The molecule has 2 aliphatic heterocycles. The third kappa shape index (κ3) is 4.56. The molecule has 6 rings (SSSR count). The molecule has 8 heteroatoms. The molecule has 1 fully saturated rings. The zero-order valence-corrected chi connectivity index (χ0v) is 21.7. The Morgan fingerprint density at radius 3 is 2.43 bits per heavy atom. The van der Waals surface area contributed by atoms with E-state index < -0.39 is 10.2 Å². The van der Waals surface area contributed by atoms with Gasteiger partial charge in [0.15, 0.2) is 5.76 Å². The maximum absolute atomic E-state index is 13.6. The maximum atomic E-state index is 13.6. The predicted octanol–water partition coefficient (Wildman–Crippen LogP) is 5.24. The van der Waals surface area contributed by atoms with Gasteiger partial charge in [-0.2, -0.15) is 8.42 Å². The van der Waals surface area contributed by atoms with Gasteiger partial charge in [0.2, 0.25) is 0 Å². The Bertz CT molecular complexity index is 1570. The molecule has 7 nitrogen and oxygen atoms in total. The molecule has 37 heavy (non-hydrogen) atoms. The highest BCUT2D eigenvalue weighted by molar-refractivity contribution is 7.91. The summed E-state index contributed by atoms with van der Waals surface area (Å²) in [5.41, 5.74) is 5.45. The molecule has 4 aromatic rings. The molecule has 2 aliphatic rings. The number of hydrogen-bond donors (Lipinski definition) is 0. The molecule has 0 N–H and O–H groups in total. The van der Waals surface area contributed by atoms with Crippen LogP contribution in [-0.4, -0.2) is 52.4 Å². The van der Waals surface area contributed by atoms with E-state index in [0.717, 1.165) is 35.9 Å². The number of benzene rings is 3. The number of nitrogens with zero attached hydrogens (tertiary/aromatic N) is 3. The van der Waals surface area contributed by atoms with E-state index in [1.807, 2.05) is 62.6 Å². The summed E-state index contributed by atoms with van der Waals surface area (Å²) < 4.78 is 44.9. The van der Waals surface area contributed by atoms with Gasteiger partial charge in [-0.25, -0.2) is 4.31 Å². The molecule has 1 saturated heterocycles. The maximum Gasteiger partial charge on any atom is 0.345 e. The summed E-state index contributed by atoms with van der Waals surface area (Å²) in [5, 5.41) is 0.745. The van der Waals surface area contributed by atoms with Crippen LogP contribution in [-0.2, 0) is 21.5 Å². The van der Waals surface area contributed by atoms with Gasteiger partial charge in [-0.05, 0) is 55.8 Å². The van der Waals surface area contributed by atoms with Crippen molar-refractivity contribution in [2.75, 3.05) is 31.6 Å². The Kier molecular flexibility index (Phi) is 6.10. The van der Waals surface area contributed by atoms with Crippen molar-refractivity contribution in [2.24, 2.45) is 4.40 Å². The normalized spacial score (nSPS) is 18.8. The molecule has 1 unspecified atom stereocenters. The fourth-order valence-corrected chi connectivity index (χ4v) is 6.38. The highest BCUT2D eigenvalue weighted by Gasteiger charge is 2.38. The van der Waals surface area contributed by atoms with Gasteiger partial charge in [0.05, 0.1) is 12.6 Å². The van der Waals surface area contributed by atoms with Gasteiger partial charge in [0, 0.05) is 24.1 Å². The fraction of sp³-hybridized carbons (Fsp3) is 0.276. The molecule has 0 bridgehead atoms. The van der Waals surface area contributed by atoms with Gasteiger partial charge in [-0.3, -0.25) is 0 Å². The number of fused-ring (bicyclic) bond motifs is 3. The van der Waals surface area contributed by atoms with Crippen molar-refractivity contribution in [1.29, 1.82) is 0 Å². The van der Waals surface area contributed by atoms with Crippen LogP contribution < -0.4 is 4.31 Å². The lowest BCUT2D eigenvalue weighted by atomic mass is 10.0. The van der Waals surface area contributed by atoms with Crippen molar-refractivity contribution >= 4 is 32.6 Å². The molecule has 0 amide bonds. The summed E-state index contributed by atoms with van der Waals surface area (Å²) in [6, 6.07) is 23.7. The predicted molar refractivity (Wildman–Crippen MR) is 146 cm³/mol. The quantitative estimate of drug-likeness (QED) is 0.351. The van der Waals surface area contributed by atoms with E-state index in [0.29, 0.717) is 34.9 Å². The van der Waals surface area contributed by atoms with E-state index in [4.69, 9.17) is 9.15 Å². The van der Waals surface area contributed by atoms with E-state index in [1.165, 1.54) is 9.87 Å². The minimum absolute atomic E-state index is 0.173. The van der Waals surface area contributed by atoms with Crippen LogP contribution in [0.25, 0.3) is 22.1 Å². The highest BCUT2D eigenvalue weighted by atomic mass is 32.2. The van der Waals surface area contributed by atoms with Crippen LogP contribution in [0.2, 0.25) is 0 Å². The van der Waals surface area contributed by atoms with E-state index in [-0.39, 0.29) is 12.6 Å². The van der Waals surface area contributed by atoms with Crippen LogP contribution in [0.1, 0.15) is 29.7 Å². The number of anilines is 1. The molecule has 190 valence electrons. The van der Waals surface area contributed by atoms with E-state index in [2.05, 4.69) is 33.6 Å². The first-order valence-corrected chi connectivity index (χ1v) is 13.9. The molecular weight excluding hydrogens is 486 g/mol. The molecule has 0 spiro atoms. The lowest BCUT2D eigenvalue weighted by Crippen LogP contribution is -2.39. The first-order chi connectivity index (χ1) is 17.9. The van der Waals surface area contributed by atoms with Gasteiger partial charge in [-0.1, -0.05) is 60.7 Å². The SMILES string of the molecule is CN(C)Cc1ccc(-c2ccc3oc4c(c3c2)N(CC2CCCO2)S(=O)(=O)N=C4c2ccccc2)cc1. The third-order valence-corrected chi connectivity index (χ3v) is 8.14. The summed E-state index contributed by atoms with van der Waals surface area (Å²) >= 11 is 0. The van der Waals surface area contributed by atoms with Gasteiger partial charge < -0.3 is 14.1 Å². The number of ether oxygens (including phenoxy) is 1. The Balaban J connectivity index is 1.50. The number of hydrogen-bond acceptors (Lipinski definition) is 5. The molecule has 1 aromatic heterocycles. The van der Waals surface area contributed by atoms with Crippen LogP contribution in [0.5, 0.6) is 0 Å². The summed E-state index contributed by atoms with van der Waals surface area (Å²) in [7, 11) is 0.0967. The van der Waals surface area contributed by atoms with Crippen LogP contribution in [0, 0.1) is 0 Å². The second-order valence-corrected chi connectivity index (χ2v) is 11.4. The lowest BCUT2D eigenvalue weighted by molar-refractivity contribution is 0.118. The summed E-state index contributed by atoms with van der Waals surface area (Å²) in [6.45, 7) is 1.72. The Hall–Kier alpha value is -3.46. The average molecular weight is 516 g/mol. The topological polar surface area (TPSA) is 75.3 Å². The van der Waals surface area contributed by atoms with Gasteiger partial charge in [0.25, 0.3) is 0 Å². The minimum atomic E-state index is -4.00. The van der Waals surface area contributed by atoms with E-state index >= 15 is 0 Å². The second kappa shape index (κ2) is 9.45. The molecule has 0 aliphatic carbocycles. The van der Waals surface area contributed by atoms with E-state index in [9.17, 15) is 8.42 Å². The van der Waals surface area contributed by atoms with Gasteiger partial charge >= 0.3 is 10.2 Å². The Morgan fingerprint density at radius 2 is 1.73 bits per heavy atom. The molecule has 0 saturated carbocycles. The standard InChI is InChI=1S/C29H29N3O4S/c1-31(2)18-20-10-12-21(13-11-20)23-14-15-26-25(17-23)28-29(36-26)27(22-7-4-3-5-8-22)30-37(33,34)32(28)19-24-9-6-16-35-24/h3-5,7-8,10-15,17,24H,6,9,16,18-19H2,1-2H3. The van der Waals surface area contributed by atoms with Crippen molar-refractivity contribution in [3.63, 3.8) is 0 Å². The Morgan fingerprint density at radius 1 is 0.973 bits per heavy atom. The summed E-state index contributed by atoms with van der Waals surface area (Å²) in [6.07, 6.45) is 1.56. The van der Waals surface area contributed by atoms with Crippen LogP contribution in [0.15, 0.2) is 81.6 Å². The fourth-order valence-electron chi connectivity index (χ4n) is 5.10. The van der Waals surface area contributed by atoms with Crippen molar-refractivity contribution < 1.29 is 17.6 Å². The summed E-state index contributed by atoms with van der Waals surface area (Å²) in [4.78, 5) is 2.13. The molecule has 3 heterocycles. The number of rotatable bonds is 6. The molecular formula is C29H29N3O4S. The zero-order chi connectivity index (χ0) is 25.6.